The lowest BCUT2D eigenvalue weighted by Gasteiger charge is -2.32. The molecule has 0 fully saturated rings. The number of hydrogen-bond donors (Lipinski definition) is 0. The maximum absolute atomic E-state index is 12.0. The molecule has 0 aromatic rings. The zero-order valence-electron chi connectivity index (χ0n) is 13.3. The Morgan fingerprint density at radius 1 is 1.11 bits per heavy atom. The summed E-state index contributed by atoms with van der Waals surface area (Å²) in [6.07, 6.45) is 6.82. The summed E-state index contributed by atoms with van der Waals surface area (Å²) < 4.78 is 0.918. The molecule has 0 aromatic heterocycles. The van der Waals surface area contributed by atoms with Gasteiger partial charge in [-0.05, 0) is 25.7 Å². The first-order chi connectivity index (χ1) is 8.43. The lowest BCUT2D eigenvalue weighted by Crippen LogP contribution is -2.47. The average Bonchev–Trinajstić information content (AvgIpc) is 2.28. The lowest BCUT2D eigenvalue weighted by molar-refractivity contribution is -0.900. The molecule has 0 aliphatic heterocycles. The Bertz CT molecular complexity index is 225. The van der Waals surface area contributed by atoms with E-state index in [0.29, 0.717) is 5.78 Å². The number of carbonyl (C=O) groups is 1. The number of hydrogen-bond acceptors (Lipinski definition) is 1. The summed E-state index contributed by atoms with van der Waals surface area (Å²) in [5, 5.41) is 0. The van der Waals surface area contributed by atoms with Gasteiger partial charge in [-0.1, -0.05) is 40.0 Å². The topological polar surface area (TPSA) is 17.1 Å². The van der Waals surface area contributed by atoms with Crippen LogP contribution >= 0.6 is 0 Å². The number of ketones is 1. The van der Waals surface area contributed by atoms with E-state index in [2.05, 4.69) is 34.7 Å². The standard InChI is InChI=1S/C16H34NO/c1-6-13-17(5,7-2)14-16(18)12-10-8-9-11-15(3)4/h15H,6-14H2,1-5H3/q+1. The van der Waals surface area contributed by atoms with E-state index in [0.717, 1.165) is 49.3 Å². The molecule has 0 amide bonds. The van der Waals surface area contributed by atoms with E-state index >= 15 is 0 Å². The normalized spacial score (nSPS) is 14.8. The van der Waals surface area contributed by atoms with Crippen LogP contribution < -0.4 is 0 Å². The quantitative estimate of drug-likeness (QED) is 0.403. The third-order valence-corrected chi connectivity index (χ3v) is 3.82. The van der Waals surface area contributed by atoms with Gasteiger partial charge in [-0.15, -0.1) is 0 Å². The maximum Gasteiger partial charge on any atom is 0.186 e. The SMILES string of the molecule is CCC[N+](C)(CC)CC(=O)CCCCCC(C)C. The summed E-state index contributed by atoms with van der Waals surface area (Å²) in [5.41, 5.74) is 0. The number of nitrogens with zero attached hydrogens (tertiary/aromatic N) is 1. The van der Waals surface area contributed by atoms with E-state index in [1.165, 1.54) is 19.3 Å². The highest BCUT2D eigenvalue weighted by Crippen LogP contribution is 2.11. The molecule has 108 valence electrons. The zero-order valence-corrected chi connectivity index (χ0v) is 13.3. The van der Waals surface area contributed by atoms with Crippen molar-refractivity contribution in [1.29, 1.82) is 0 Å². The summed E-state index contributed by atoms with van der Waals surface area (Å²) >= 11 is 0. The molecule has 1 unspecified atom stereocenters. The van der Waals surface area contributed by atoms with Crippen LogP contribution in [0.1, 0.15) is 66.2 Å². The zero-order chi connectivity index (χ0) is 14.0. The van der Waals surface area contributed by atoms with Crippen molar-refractivity contribution in [2.24, 2.45) is 5.92 Å². The molecule has 0 aliphatic carbocycles. The molecular formula is C16H34NO+. The van der Waals surface area contributed by atoms with E-state index in [4.69, 9.17) is 0 Å². The summed E-state index contributed by atoms with van der Waals surface area (Å²) in [4.78, 5) is 12.0. The van der Waals surface area contributed by atoms with Gasteiger partial charge in [-0.3, -0.25) is 4.79 Å². The third kappa shape index (κ3) is 8.68. The predicted octanol–water partition coefficient (Wildman–Crippen LogP) is 4.04. The van der Waals surface area contributed by atoms with E-state index < -0.39 is 0 Å². The molecule has 0 aromatic carbocycles. The number of quaternary nitrogens is 1. The molecular weight excluding hydrogens is 222 g/mol. The summed E-state index contributed by atoms with van der Waals surface area (Å²) in [6.45, 7) is 11.8. The summed E-state index contributed by atoms with van der Waals surface area (Å²) in [5.74, 6) is 1.25. The molecule has 2 nitrogen and oxygen atoms in total. The second-order valence-corrected chi connectivity index (χ2v) is 6.35. The minimum Gasteiger partial charge on any atom is -0.320 e. The predicted molar refractivity (Wildman–Crippen MR) is 79.7 cm³/mol. The summed E-state index contributed by atoms with van der Waals surface area (Å²) in [7, 11) is 2.21. The van der Waals surface area contributed by atoms with E-state index in [1.54, 1.807) is 0 Å². The van der Waals surface area contributed by atoms with E-state index in [9.17, 15) is 4.79 Å². The molecule has 0 aliphatic rings. The molecule has 0 spiro atoms. The Balaban J connectivity index is 3.76. The van der Waals surface area contributed by atoms with Gasteiger partial charge in [0.2, 0.25) is 0 Å². The van der Waals surface area contributed by atoms with Gasteiger partial charge in [0.25, 0.3) is 0 Å². The Morgan fingerprint density at radius 2 is 1.78 bits per heavy atom. The molecule has 2 heteroatoms. The summed E-state index contributed by atoms with van der Waals surface area (Å²) in [6, 6.07) is 0. The van der Waals surface area contributed by atoms with Gasteiger partial charge in [0, 0.05) is 6.42 Å². The number of rotatable bonds is 11. The van der Waals surface area contributed by atoms with Gasteiger partial charge in [0.05, 0.1) is 20.1 Å². The van der Waals surface area contributed by atoms with Crippen molar-refractivity contribution in [3.8, 4) is 0 Å². The molecule has 18 heavy (non-hydrogen) atoms. The van der Waals surface area contributed by atoms with Crippen LogP contribution in [-0.4, -0.2) is 36.9 Å². The molecule has 0 rings (SSSR count). The largest absolute Gasteiger partial charge is 0.320 e. The number of carbonyl (C=O) groups excluding carboxylic acids is 1. The molecule has 0 saturated heterocycles. The minimum absolute atomic E-state index is 0.456. The maximum atomic E-state index is 12.0. The van der Waals surface area contributed by atoms with Gasteiger partial charge in [-0.25, -0.2) is 0 Å². The van der Waals surface area contributed by atoms with Gasteiger partial charge in [0.15, 0.2) is 5.78 Å². The first-order valence-electron chi connectivity index (χ1n) is 7.78. The fraction of sp³-hybridized carbons (Fsp3) is 0.938. The number of unbranched alkanes of at least 4 members (excludes halogenated alkanes) is 2. The van der Waals surface area contributed by atoms with Gasteiger partial charge >= 0.3 is 0 Å². The van der Waals surface area contributed by atoms with Crippen LogP contribution in [0.2, 0.25) is 0 Å². The molecule has 1 atom stereocenters. The smallest absolute Gasteiger partial charge is 0.186 e. The first-order valence-corrected chi connectivity index (χ1v) is 7.78. The molecule has 0 N–H and O–H groups in total. The van der Waals surface area contributed by atoms with Crippen molar-refractivity contribution >= 4 is 5.78 Å². The van der Waals surface area contributed by atoms with Crippen LogP contribution in [-0.2, 0) is 4.79 Å². The number of likely N-dealkylation sites (N-methyl/N-ethyl adjacent to an activating group) is 1. The number of Topliss-reactive ketones (excluding diaryl/α,β-unsaturated/α-hetero) is 1. The van der Waals surface area contributed by atoms with E-state index in [-0.39, 0.29) is 0 Å². The third-order valence-electron chi connectivity index (χ3n) is 3.82. The van der Waals surface area contributed by atoms with Crippen molar-refractivity contribution in [2.45, 2.75) is 66.2 Å². The average molecular weight is 256 g/mol. The van der Waals surface area contributed by atoms with Gasteiger partial charge < -0.3 is 4.48 Å². The highest BCUT2D eigenvalue weighted by molar-refractivity contribution is 5.79. The monoisotopic (exact) mass is 256 g/mol. The highest BCUT2D eigenvalue weighted by atomic mass is 16.1. The highest BCUT2D eigenvalue weighted by Gasteiger charge is 2.21. The van der Waals surface area contributed by atoms with Crippen molar-refractivity contribution in [2.75, 3.05) is 26.7 Å². The lowest BCUT2D eigenvalue weighted by atomic mass is 10.0. The molecule has 0 radical (unpaired) electrons. The van der Waals surface area contributed by atoms with Crippen LogP contribution in [0.5, 0.6) is 0 Å². The Morgan fingerprint density at radius 3 is 2.28 bits per heavy atom. The van der Waals surface area contributed by atoms with Crippen LogP contribution in [0.3, 0.4) is 0 Å². The van der Waals surface area contributed by atoms with Crippen molar-refractivity contribution in [3.05, 3.63) is 0 Å². The fourth-order valence-corrected chi connectivity index (χ4v) is 2.45. The van der Waals surface area contributed by atoms with Crippen LogP contribution in [0.25, 0.3) is 0 Å². The Hall–Kier alpha value is -0.370. The fourth-order valence-electron chi connectivity index (χ4n) is 2.45. The molecule has 0 heterocycles. The van der Waals surface area contributed by atoms with Gasteiger partial charge in [0.1, 0.15) is 6.54 Å². The Labute approximate surface area is 114 Å². The minimum atomic E-state index is 0.456. The van der Waals surface area contributed by atoms with Crippen molar-refractivity contribution in [3.63, 3.8) is 0 Å². The molecule has 0 bridgehead atoms. The van der Waals surface area contributed by atoms with Crippen LogP contribution in [0, 0.1) is 5.92 Å². The second kappa shape index (κ2) is 9.55. The first kappa shape index (κ1) is 17.6. The van der Waals surface area contributed by atoms with Crippen molar-refractivity contribution in [1.82, 2.24) is 0 Å². The second-order valence-electron chi connectivity index (χ2n) is 6.35. The van der Waals surface area contributed by atoms with Crippen LogP contribution in [0.15, 0.2) is 0 Å². The Kier molecular flexibility index (Phi) is 9.35. The van der Waals surface area contributed by atoms with Crippen LogP contribution in [0.4, 0.5) is 0 Å². The molecule has 0 saturated carbocycles. The van der Waals surface area contributed by atoms with Crippen molar-refractivity contribution < 1.29 is 9.28 Å². The van der Waals surface area contributed by atoms with E-state index in [1.807, 2.05) is 0 Å². The van der Waals surface area contributed by atoms with Gasteiger partial charge in [-0.2, -0.15) is 0 Å².